The van der Waals surface area contributed by atoms with Crippen LogP contribution in [0.2, 0.25) is 0 Å². The van der Waals surface area contributed by atoms with Crippen LogP contribution >= 0.6 is 12.2 Å². The Balaban J connectivity index is 1.43. The highest BCUT2D eigenvalue weighted by Crippen LogP contribution is 2.23. The number of furan rings is 1. The van der Waals surface area contributed by atoms with Crippen molar-refractivity contribution in [1.29, 1.82) is 0 Å². The van der Waals surface area contributed by atoms with Crippen LogP contribution in [0.1, 0.15) is 5.76 Å². The van der Waals surface area contributed by atoms with Crippen LogP contribution in [-0.4, -0.2) is 55.6 Å². The van der Waals surface area contributed by atoms with E-state index in [2.05, 4.69) is 15.8 Å². The summed E-state index contributed by atoms with van der Waals surface area (Å²) in [5.41, 5.74) is 3.55. The number of nitro benzene ring substituents is 1. The van der Waals surface area contributed by atoms with Gasteiger partial charge in [0.15, 0.2) is 5.11 Å². The predicted molar refractivity (Wildman–Crippen MR) is 109 cm³/mol. The molecular formula is C18H22N5O4S+. The number of hydrogen-bond acceptors (Lipinski definition) is 6. The van der Waals surface area contributed by atoms with E-state index in [1.807, 2.05) is 0 Å². The number of nitrogens with zero attached hydrogens (tertiary/aromatic N) is 2. The number of rotatable bonds is 7. The topological polar surface area (TPSA) is 106 Å². The molecule has 1 aromatic heterocycles. The monoisotopic (exact) mass is 404 g/mol. The van der Waals surface area contributed by atoms with Crippen LogP contribution in [0.3, 0.4) is 0 Å². The molecule has 0 radical (unpaired) electrons. The van der Waals surface area contributed by atoms with E-state index in [4.69, 9.17) is 21.4 Å². The number of hydrazone groups is 1. The summed E-state index contributed by atoms with van der Waals surface area (Å²) in [6.07, 6.45) is 1.52. The Kier molecular flexibility index (Phi) is 7.06. The summed E-state index contributed by atoms with van der Waals surface area (Å²) in [5.74, 6) is 1.15. The van der Waals surface area contributed by atoms with E-state index in [9.17, 15) is 10.1 Å². The quantitative estimate of drug-likeness (QED) is 0.268. The molecule has 28 heavy (non-hydrogen) atoms. The maximum Gasteiger partial charge on any atom is 0.269 e. The first-order chi connectivity index (χ1) is 13.6. The molecule has 0 saturated carbocycles. The molecule has 0 spiro atoms. The van der Waals surface area contributed by atoms with E-state index < -0.39 is 4.92 Å². The molecule has 9 nitrogen and oxygen atoms in total. The molecule has 0 aliphatic carbocycles. The SMILES string of the molecule is O=[N+]([O-])c1ccc(-c2ccc(/C=N\NC(=S)NCC[NH+]3CCOCC3)o2)cc1. The molecule has 0 bridgehead atoms. The van der Waals surface area contributed by atoms with Gasteiger partial charge in [-0.2, -0.15) is 5.10 Å². The Hall–Kier alpha value is -2.82. The Morgan fingerprint density at radius 1 is 1.25 bits per heavy atom. The number of nitrogens with one attached hydrogen (secondary N) is 3. The molecule has 3 N–H and O–H groups in total. The summed E-state index contributed by atoms with van der Waals surface area (Å²) in [7, 11) is 0. The van der Waals surface area contributed by atoms with E-state index in [-0.39, 0.29) is 5.69 Å². The van der Waals surface area contributed by atoms with Crippen LogP contribution in [0.5, 0.6) is 0 Å². The normalized spacial score (nSPS) is 14.9. The molecule has 148 valence electrons. The fourth-order valence-electron chi connectivity index (χ4n) is 2.78. The van der Waals surface area contributed by atoms with E-state index in [1.54, 1.807) is 24.3 Å². The van der Waals surface area contributed by atoms with Gasteiger partial charge in [0, 0.05) is 17.7 Å². The van der Waals surface area contributed by atoms with E-state index in [1.165, 1.54) is 23.2 Å². The van der Waals surface area contributed by atoms with E-state index >= 15 is 0 Å². The summed E-state index contributed by atoms with van der Waals surface area (Å²) in [4.78, 5) is 11.8. The molecule has 1 saturated heterocycles. The van der Waals surface area contributed by atoms with Gasteiger partial charge in [-0.15, -0.1) is 0 Å². The van der Waals surface area contributed by atoms with Gasteiger partial charge in [0.1, 0.15) is 24.6 Å². The lowest BCUT2D eigenvalue weighted by molar-refractivity contribution is -0.906. The Morgan fingerprint density at radius 2 is 2.00 bits per heavy atom. The minimum atomic E-state index is -0.436. The first-order valence-corrected chi connectivity index (χ1v) is 9.35. The standard InChI is InChI=1S/C18H21N5O4S/c24-23(25)15-3-1-14(2-4-15)17-6-5-16(27-17)13-20-21-18(28)19-7-8-22-9-11-26-12-10-22/h1-6,13H,7-12H2,(H2,19,21,28)/p+1/b20-13-. The second-order valence-corrected chi connectivity index (χ2v) is 6.65. The van der Waals surface area contributed by atoms with Gasteiger partial charge in [0.2, 0.25) is 0 Å². The van der Waals surface area contributed by atoms with Crippen molar-refractivity contribution >= 4 is 29.2 Å². The Labute approximate surface area is 167 Å². The van der Waals surface area contributed by atoms with Crippen molar-refractivity contribution in [2.75, 3.05) is 39.4 Å². The average Bonchev–Trinajstić information content (AvgIpc) is 3.18. The number of morpholine rings is 1. The molecule has 3 rings (SSSR count). The molecule has 0 unspecified atom stereocenters. The zero-order valence-electron chi connectivity index (χ0n) is 15.2. The third-order valence-electron chi connectivity index (χ3n) is 4.31. The van der Waals surface area contributed by atoms with Gasteiger partial charge in [-0.05, 0) is 36.5 Å². The molecule has 1 aliphatic rings. The lowest BCUT2D eigenvalue weighted by Crippen LogP contribution is -3.14. The van der Waals surface area contributed by atoms with Crippen molar-refractivity contribution in [2.24, 2.45) is 5.10 Å². The van der Waals surface area contributed by atoms with Crippen molar-refractivity contribution in [3.63, 3.8) is 0 Å². The van der Waals surface area contributed by atoms with Gasteiger partial charge in [-0.25, -0.2) is 0 Å². The molecular weight excluding hydrogens is 382 g/mol. The van der Waals surface area contributed by atoms with E-state index in [0.717, 1.165) is 45.0 Å². The molecule has 2 heterocycles. The van der Waals surface area contributed by atoms with Crippen molar-refractivity contribution in [3.05, 3.63) is 52.3 Å². The molecule has 2 aromatic rings. The molecule has 0 amide bonds. The summed E-state index contributed by atoms with van der Waals surface area (Å²) in [6.45, 7) is 5.42. The largest absolute Gasteiger partial charge is 0.455 e. The molecule has 1 aliphatic heterocycles. The second kappa shape index (κ2) is 9.93. The fourth-order valence-corrected chi connectivity index (χ4v) is 2.94. The Morgan fingerprint density at radius 3 is 2.71 bits per heavy atom. The maximum atomic E-state index is 10.7. The zero-order chi connectivity index (χ0) is 19.8. The lowest BCUT2D eigenvalue weighted by Gasteiger charge is -2.23. The van der Waals surface area contributed by atoms with Crippen molar-refractivity contribution in [2.45, 2.75) is 0 Å². The molecule has 0 atom stereocenters. The first kappa shape index (κ1) is 19.9. The van der Waals surface area contributed by atoms with Gasteiger partial charge in [-0.3, -0.25) is 15.5 Å². The van der Waals surface area contributed by atoms with Crippen LogP contribution in [0, 0.1) is 10.1 Å². The third-order valence-corrected chi connectivity index (χ3v) is 4.55. The molecule has 1 fully saturated rings. The smallest absolute Gasteiger partial charge is 0.269 e. The van der Waals surface area contributed by atoms with Crippen molar-refractivity contribution in [3.8, 4) is 11.3 Å². The summed E-state index contributed by atoms with van der Waals surface area (Å²) >= 11 is 5.20. The number of benzene rings is 1. The second-order valence-electron chi connectivity index (χ2n) is 6.24. The fraction of sp³-hybridized carbons (Fsp3) is 0.333. The minimum absolute atomic E-state index is 0.0394. The lowest BCUT2D eigenvalue weighted by atomic mass is 10.1. The number of nitro groups is 1. The highest BCUT2D eigenvalue weighted by molar-refractivity contribution is 7.80. The predicted octanol–water partition coefficient (Wildman–Crippen LogP) is 0.568. The number of quaternary nitrogens is 1. The van der Waals surface area contributed by atoms with Gasteiger partial charge in [0.05, 0.1) is 37.4 Å². The maximum absolute atomic E-state index is 10.7. The van der Waals surface area contributed by atoms with Crippen molar-refractivity contribution in [1.82, 2.24) is 10.7 Å². The third kappa shape index (κ3) is 5.84. The van der Waals surface area contributed by atoms with Crippen LogP contribution < -0.4 is 15.6 Å². The summed E-state index contributed by atoms with van der Waals surface area (Å²) in [6, 6.07) is 9.72. The van der Waals surface area contributed by atoms with Gasteiger partial charge in [0.25, 0.3) is 5.69 Å². The molecule has 1 aromatic carbocycles. The average molecular weight is 404 g/mol. The highest BCUT2D eigenvalue weighted by Gasteiger charge is 2.12. The summed E-state index contributed by atoms with van der Waals surface area (Å²) in [5, 5.41) is 18.3. The van der Waals surface area contributed by atoms with Gasteiger partial charge < -0.3 is 19.4 Å². The van der Waals surface area contributed by atoms with Crippen LogP contribution in [0.4, 0.5) is 5.69 Å². The van der Waals surface area contributed by atoms with Crippen LogP contribution in [0.25, 0.3) is 11.3 Å². The van der Waals surface area contributed by atoms with Gasteiger partial charge in [-0.1, -0.05) is 0 Å². The molecule has 10 heteroatoms. The van der Waals surface area contributed by atoms with E-state index in [0.29, 0.717) is 16.6 Å². The zero-order valence-corrected chi connectivity index (χ0v) is 16.0. The number of thiocarbonyl (C=S) groups is 1. The Bertz CT molecular complexity index is 831. The first-order valence-electron chi connectivity index (χ1n) is 8.95. The number of hydrogen-bond donors (Lipinski definition) is 3. The number of ether oxygens (including phenoxy) is 1. The highest BCUT2D eigenvalue weighted by atomic mass is 32.1. The van der Waals surface area contributed by atoms with Crippen LogP contribution in [0.15, 0.2) is 45.9 Å². The minimum Gasteiger partial charge on any atom is -0.455 e. The van der Waals surface area contributed by atoms with Crippen molar-refractivity contribution < 1.29 is 19.0 Å². The van der Waals surface area contributed by atoms with Gasteiger partial charge >= 0.3 is 0 Å². The number of non-ortho nitro benzene ring substituents is 1. The van der Waals surface area contributed by atoms with Crippen LogP contribution in [-0.2, 0) is 4.74 Å². The summed E-state index contributed by atoms with van der Waals surface area (Å²) < 4.78 is 11.0.